The lowest BCUT2D eigenvalue weighted by atomic mass is 10.1. The standard InChI is InChI=1S/C15H21FN2OS/c1-3-13-9-19-10(2)7-18(13)8-12-6-11(15(17)20)4-5-14(12)16/h4-6,10,13H,3,7-9H2,1-2H3,(H2,17,20). The Morgan fingerprint density at radius 2 is 2.30 bits per heavy atom. The minimum absolute atomic E-state index is 0.180. The summed E-state index contributed by atoms with van der Waals surface area (Å²) in [6, 6.07) is 5.15. The molecule has 20 heavy (non-hydrogen) atoms. The van der Waals surface area contributed by atoms with Crippen LogP contribution in [0.25, 0.3) is 0 Å². The Bertz CT molecular complexity index is 495. The molecular weight excluding hydrogens is 275 g/mol. The van der Waals surface area contributed by atoms with Crippen molar-refractivity contribution >= 4 is 17.2 Å². The Morgan fingerprint density at radius 1 is 1.55 bits per heavy atom. The number of rotatable bonds is 4. The molecule has 3 nitrogen and oxygen atoms in total. The lowest BCUT2D eigenvalue weighted by Crippen LogP contribution is -2.48. The fourth-order valence-electron chi connectivity index (χ4n) is 2.55. The summed E-state index contributed by atoms with van der Waals surface area (Å²) in [5.41, 5.74) is 6.97. The van der Waals surface area contributed by atoms with Gasteiger partial charge in [0.25, 0.3) is 0 Å². The van der Waals surface area contributed by atoms with Crippen LogP contribution in [0, 0.1) is 5.82 Å². The van der Waals surface area contributed by atoms with Gasteiger partial charge in [0.2, 0.25) is 0 Å². The fraction of sp³-hybridized carbons (Fsp3) is 0.533. The number of halogens is 1. The highest BCUT2D eigenvalue weighted by molar-refractivity contribution is 7.80. The molecule has 0 saturated carbocycles. The van der Waals surface area contributed by atoms with E-state index in [0.717, 1.165) is 13.0 Å². The Kier molecular flexibility index (Phi) is 5.07. The van der Waals surface area contributed by atoms with Crippen molar-refractivity contribution < 1.29 is 9.13 Å². The van der Waals surface area contributed by atoms with Crippen molar-refractivity contribution in [2.45, 2.75) is 39.0 Å². The predicted octanol–water partition coefficient (Wildman–Crippen LogP) is 2.46. The van der Waals surface area contributed by atoms with Gasteiger partial charge < -0.3 is 10.5 Å². The fourth-order valence-corrected chi connectivity index (χ4v) is 2.68. The van der Waals surface area contributed by atoms with Gasteiger partial charge in [-0.2, -0.15) is 0 Å². The minimum atomic E-state index is -0.209. The Balaban J connectivity index is 2.19. The van der Waals surface area contributed by atoms with Crippen LogP contribution in [0.4, 0.5) is 4.39 Å². The van der Waals surface area contributed by atoms with Gasteiger partial charge in [0.15, 0.2) is 0 Å². The molecule has 1 aliphatic heterocycles. The van der Waals surface area contributed by atoms with E-state index in [9.17, 15) is 4.39 Å². The normalized spacial score (nSPS) is 23.8. The second-order valence-corrected chi connectivity index (χ2v) is 5.75. The van der Waals surface area contributed by atoms with Crippen molar-refractivity contribution in [3.05, 3.63) is 35.1 Å². The largest absolute Gasteiger partial charge is 0.389 e. The maximum absolute atomic E-state index is 14.0. The molecule has 0 aliphatic carbocycles. The van der Waals surface area contributed by atoms with Crippen LogP contribution in [0.5, 0.6) is 0 Å². The Hall–Kier alpha value is -1.04. The minimum Gasteiger partial charge on any atom is -0.389 e. The number of nitrogens with zero attached hydrogens (tertiary/aromatic N) is 1. The van der Waals surface area contributed by atoms with Gasteiger partial charge in [0, 0.05) is 30.3 Å². The first kappa shape index (κ1) is 15.4. The summed E-state index contributed by atoms with van der Waals surface area (Å²) in [5, 5.41) is 0. The third kappa shape index (κ3) is 3.53. The van der Waals surface area contributed by atoms with Gasteiger partial charge >= 0.3 is 0 Å². The van der Waals surface area contributed by atoms with Crippen LogP contribution in [0.15, 0.2) is 18.2 Å². The average Bonchev–Trinajstić information content (AvgIpc) is 2.41. The Morgan fingerprint density at radius 3 is 2.95 bits per heavy atom. The van der Waals surface area contributed by atoms with Gasteiger partial charge in [-0.3, -0.25) is 4.90 Å². The summed E-state index contributed by atoms with van der Waals surface area (Å²) in [7, 11) is 0. The molecule has 0 bridgehead atoms. The van der Waals surface area contributed by atoms with E-state index in [-0.39, 0.29) is 11.9 Å². The summed E-state index contributed by atoms with van der Waals surface area (Å²) in [6.45, 7) is 6.25. The molecule has 1 aliphatic rings. The highest BCUT2D eigenvalue weighted by atomic mass is 32.1. The van der Waals surface area contributed by atoms with Crippen LogP contribution in [0.2, 0.25) is 0 Å². The van der Waals surface area contributed by atoms with Crippen molar-refractivity contribution in [1.29, 1.82) is 0 Å². The van der Waals surface area contributed by atoms with Gasteiger partial charge in [-0.1, -0.05) is 19.1 Å². The molecule has 2 N–H and O–H groups in total. The van der Waals surface area contributed by atoms with Crippen molar-refractivity contribution in [1.82, 2.24) is 4.90 Å². The second-order valence-electron chi connectivity index (χ2n) is 5.31. The number of ether oxygens (including phenoxy) is 1. The van der Waals surface area contributed by atoms with Crippen LogP contribution in [0.1, 0.15) is 31.4 Å². The molecule has 1 aromatic rings. The summed E-state index contributed by atoms with van der Waals surface area (Å²) >= 11 is 4.96. The number of nitrogens with two attached hydrogens (primary N) is 1. The van der Waals surface area contributed by atoms with Crippen molar-refractivity contribution in [2.24, 2.45) is 5.73 Å². The molecule has 1 aromatic carbocycles. The topological polar surface area (TPSA) is 38.5 Å². The zero-order chi connectivity index (χ0) is 14.7. The van der Waals surface area contributed by atoms with Crippen LogP contribution in [-0.2, 0) is 11.3 Å². The zero-order valence-electron chi connectivity index (χ0n) is 11.9. The number of morpholine rings is 1. The monoisotopic (exact) mass is 296 g/mol. The van der Waals surface area contributed by atoms with Crippen molar-refractivity contribution in [3.63, 3.8) is 0 Å². The predicted molar refractivity (Wildman–Crippen MR) is 82.2 cm³/mol. The SMILES string of the molecule is CCC1COC(C)CN1Cc1cc(C(N)=S)ccc1F. The van der Waals surface area contributed by atoms with E-state index in [2.05, 4.69) is 11.8 Å². The number of hydrogen-bond donors (Lipinski definition) is 1. The quantitative estimate of drug-likeness (QED) is 0.866. The summed E-state index contributed by atoms with van der Waals surface area (Å²) in [6.07, 6.45) is 1.17. The molecule has 2 rings (SSSR count). The summed E-state index contributed by atoms with van der Waals surface area (Å²) < 4.78 is 19.6. The molecule has 0 radical (unpaired) electrons. The number of benzene rings is 1. The van der Waals surface area contributed by atoms with Gasteiger partial charge in [-0.25, -0.2) is 4.39 Å². The van der Waals surface area contributed by atoms with E-state index in [1.165, 1.54) is 6.07 Å². The average molecular weight is 296 g/mol. The third-order valence-corrected chi connectivity index (χ3v) is 3.99. The van der Waals surface area contributed by atoms with Crippen molar-refractivity contribution in [2.75, 3.05) is 13.2 Å². The first-order valence-corrected chi connectivity index (χ1v) is 7.36. The summed E-state index contributed by atoms with van der Waals surface area (Å²) in [5.74, 6) is -0.209. The van der Waals surface area contributed by atoms with Crippen LogP contribution >= 0.6 is 12.2 Å². The number of hydrogen-bond acceptors (Lipinski definition) is 3. The molecule has 110 valence electrons. The highest BCUT2D eigenvalue weighted by Crippen LogP contribution is 2.20. The molecule has 2 unspecified atom stereocenters. The molecule has 2 atom stereocenters. The van der Waals surface area contributed by atoms with Crippen LogP contribution < -0.4 is 5.73 Å². The molecule has 0 aromatic heterocycles. The first-order valence-electron chi connectivity index (χ1n) is 6.95. The molecule has 1 fully saturated rings. The number of thiocarbonyl (C=S) groups is 1. The second kappa shape index (κ2) is 6.61. The maximum atomic E-state index is 14.0. The van der Waals surface area contributed by atoms with E-state index in [1.54, 1.807) is 12.1 Å². The van der Waals surface area contributed by atoms with E-state index in [4.69, 9.17) is 22.7 Å². The van der Waals surface area contributed by atoms with Gasteiger partial charge in [0.1, 0.15) is 10.8 Å². The van der Waals surface area contributed by atoms with Crippen LogP contribution in [-0.4, -0.2) is 35.2 Å². The molecule has 1 heterocycles. The molecule has 0 spiro atoms. The first-order chi connectivity index (χ1) is 9.51. The van der Waals surface area contributed by atoms with E-state index in [1.807, 2.05) is 6.92 Å². The molecule has 1 saturated heterocycles. The van der Waals surface area contributed by atoms with Gasteiger partial charge in [-0.15, -0.1) is 0 Å². The van der Waals surface area contributed by atoms with Crippen LogP contribution in [0.3, 0.4) is 0 Å². The van der Waals surface area contributed by atoms with E-state index < -0.39 is 0 Å². The lowest BCUT2D eigenvalue weighted by Gasteiger charge is -2.38. The van der Waals surface area contributed by atoms with Crippen molar-refractivity contribution in [3.8, 4) is 0 Å². The maximum Gasteiger partial charge on any atom is 0.127 e. The summed E-state index contributed by atoms with van der Waals surface area (Å²) in [4.78, 5) is 2.57. The van der Waals surface area contributed by atoms with Gasteiger partial charge in [0.05, 0.1) is 12.7 Å². The van der Waals surface area contributed by atoms with E-state index >= 15 is 0 Å². The molecular formula is C15H21FN2OS. The molecule has 0 amide bonds. The zero-order valence-corrected chi connectivity index (χ0v) is 12.8. The van der Waals surface area contributed by atoms with Gasteiger partial charge in [-0.05, 0) is 31.5 Å². The van der Waals surface area contributed by atoms with E-state index in [0.29, 0.717) is 35.3 Å². The lowest BCUT2D eigenvalue weighted by molar-refractivity contribution is -0.0595. The third-order valence-electron chi connectivity index (χ3n) is 3.76. The highest BCUT2D eigenvalue weighted by Gasteiger charge is 2.26. The molecule has 5 heteroatoms. The smallest absolute Gasteiger partial charge is 0.127 e. The Labute approximate surface area is 124 Å².